The van der Waals surface area contributed by atoms with Gasteiger partial charge in [0.2, 0.25) is 5.82 Å². The molecule has 0 saturated carbocycles. The second kappa shape index (κ2) is 12.3. The van der Waals surface area contributed by atoms with Crippen LogP contribution in [0.5, 0.6) is 0 Å². The molecule has 3 aromatic heterocycles. The van der Waals surface area contributed by atoms with Gasteiger partial charge in [-0.15, -0.1) is 0 Å². The summed E-state index contributed by atoms with van der Waals surface area (Å²) < 4.78 is 5.45. The number of nitrogens with zero attached hydrogens (tertiary/aromatic N) is 6. The minimum atomic E-state index is -0.0140. The van der Waals surface area contributed by atoms with Crippen LogP contribution < -0.4 is 0 Å². The maximum absolute atomic E-state index is 13.7. The number of hydrogen-bond donors (Lipinski definition) is 0. The Kier molecular flexibility index (Phi) is 8.42. The van der Waals surface area contributed by atoms with E-state index in [9.17, 15) is 4.79 Å². The number of likely N-dealkylation sites (tertiary alicyclic amines) is 1. The van der Waals surface area contributed by atoms with Gasteiger partial charge < -0.3 is 14.3 Å². The van der Waals surface area contributed by atoms with Gasteiger partial charge >= 0.3 is 0 Å². The number of carbonyl (C=O) groups is 1. The molecule has 1 aliphatic heterocycles. The standard InChI is InChI=1S/C31H36N6O2/c1-22(2)12-17-36-18-13-27(14-19-36)37(31(38)28-9-4-23(3)20-33-28)21-24-5-7-25(8-6-24)29-34-30(39-35-29)26-10-15-32-16-11-26/h4-11,15-16,20,22,27H,12-14,17-19,21H2,1-3H3. The number of amides is 1. The first-order valence-electron chi connectivity index (χ1n) is 13.8. The maximum atomic E-state index is 13.7. The third-order valence-electron chi connectivity index (χ3n) is 7.33. The highest BCUT2D eigenvalue weighted by molar-refractivity contribution is 5.92. The van der Waals surface area contributed by atoms with E-state index in [2.05, 4.69) is 38.9 Å². The third kappa shape index (κ3) is 6.75. The molecule has 8 nitrogen and oxygen atoms in total. The Morgan fingerprint density at radius 1 is 1.03 bits per heavy atom. The summed E-state index contributed by atoms with van der Waals surface area (Å²) in [5.74, 6) is 1.67. The van der Waals surface area contributed by atoms with Crippen LogP contribution >= 0.6 is 0 Å². The molecule has 8 heteroatoms. The highest BCUT2D eigenvalue weighted by Gasteiger charge is 2.29. The molecular weight excluding hydrogens is 488 g/mol. The molecule has 0 unspecified atom stereocenters. The molecule has 39 heavy (non-hydrogen) atoms. The molecule has 0 atom stereocenters. The van der Waals surface area contributed by atoms with E-state index in [4.69, 9.17) is 4.52 Å². The van der Waals surface area contributed by atoms with Gasteiger partial charge in [-0.05, 0) is 68.0 Å². The molecule has 1 aliphatic rings. The molecule has 202 valence electrons. The molecule has 0 aliphatic carbocycles. The lowest BCUT2D eigenvalue weighted by Gasteiger charge is -2.38. The molecule has 0 bridgehead atoms. The Balaban J connectivity index is 1.31. The molecule has 1 amide bonds. The maximum Gasteiger partial charge on any atom is 0.272 e. The van der Waals surface area contributed by atoms with Crippen LogP contribution in [-0.4, -0.2) is 61.5 Å². The van der Waals surface area contributed by atoms with Gasteiger partial charge in [0.1, 0.15) is 5.69 Å². The Bertz CT molecular complexity index is 1340. The van der Waals surface area contributed by atoms with Crippen molar-refractivity contribution in [3.8, 4) is 22.8 Å². The minimum Gasteiger partial charge on any atom is -0.334 e. The number of pyridine rings is 2. The van der Waals surface area contributed by atoms with Crippen molar-refractivity contribution in [2.45, 2.75) is 52.6 Å². The summed E-state index contributed by atoms with van der Waals surface area (Å²) in [4.78, 5) is 31.3. The van der Waals surface area contributed by atoms with Crippen LogP contribution in [0.15, 0.2) is 71.6 Å². The number of rotatable bonds is 9. The first-order chi connectivity index (χ1) is 19.0. The van der Waals surface area contributed by atoms with E-state index < -0.39 is 0 Å². The second-order valence-electron chi connectivity index (χ2n) is 10.8. The molecule has 0 N–H and O–H groups in total. The number of benzene rings is 1. The van der Waals surface area contributed by atoms with Crippen LogP contribution in [0.25, 0.3) is 22.8 Å². The van der Waals surface area contributed by atoms with Gasteiger partial charge in [-0.25, -0.2) is 0 Å². The molecule has 0 spiro atoms. The fourth-order valence-corrected chi connectivity index (χ4v) is 4.91. The number of aromatic nitrogens is 4. The van der Waals surface area contributed by atoms with Crippen molar-refractivity contribution in [1.82, 2.24) is 29.9 Å². The summed E-state index contributed by atoms with van der Waals surface area (Å²) in [5.41, 5.74) is 4.28. The molecule has 4 heterocycles. The fourth-order valence-electron chi connectivity index (χ4n) is 4.91. The summed E-state index contributed by atoms with van der Waals surface area (Å²) in [5, 5.41) is 4.15. The summed E-state index contributed by atoms with van der Waals surface area (Å²) in [6.45, 7) is 10.2. The largest absolute Gasteiger partial charge is 0.334 e. The molecule has 4 aromatic rings. The molecular formula is C31H36N6O2. The number of aryl methyl sites for hydroxylation is 1. The van der Waals surface area contributed by atoms with Crippen molar-refractivity contribution in [1.29, 1.82) is 0 Å². The monoisotopic (exact) mass is 524 g/mol. The molecule has 1 aromatic carbocycles. The fraction of sp³-hybridized carbons (Fsp3) is 0.387. The van der Waals surface area contributed by atoms with Gasteiger partial charge in [0, 0.05) is 55.4 Å². The Morgan fingerprint density at radius 3 is 2.44 bits per heavy atom. The third-order valence-corrected chi connectivity index (χ3v) is 7.33. The summed E-state index contributed by atoms with van der Waals surface area (Å²) in [7, 11) is 0. The van der Waals surface area contributed by atoms with E-state index in [1.807, 2.05) is 60.4 Å². The smallest absolute Gasteiger partial charge is 0.272 e. The average molecular weight is 525 g/mol. The Labute approximate surface area is 230 Å². The van der Waals surface area contributed by atoms with Gasteiger partial charge in [0.05, 0.1) is 0 Å². The van der Waals surface area contributed by atoms with Crippen molar-refractivity contribution >= 4 is 5.91 Å². The van der Waals surface area contributed by atoms with Gasteiger partial charge in [0.15, 0.2) is 0 Å². The highest BCUT2D eigenvalue weighted by atomic mass is 16.5. The normalized spacial score (nSPS) is 14.6. The van der Waals surface area contributed by atoms with Crippen LogP contribution in [0.1, 0.15) is 54.7 Å². The van der Waals surface area contributed by atoms with Crippen molar-refractivity contribution in [2.24, 2.45) is 5.92 Å². The summed E-state index contributed by atoms with van der Waals surface area (Å²) in [6.07, 6.45) is 8.30. The predicted octanol–water partition coefficient (Wildman–Crippen LogP) is 5.65. The van der Waals surface area contributed by atoms with E-state index in [0.29, 0.717) is 29.9 Å². The summed E-state index contributed by atoms with van der Waals surface area (Å²) in [6, 6.07) is 15.7. The van der Waals surface area contributed by atoms with Crippen LogP contribution in [-0.2, 0) is 6.54 Å². The number of piperidine rings is 1. The van der Waals surface area contributed by atoms with Gasteiger partial charge in [-0.1, -0.05) is 49.3 Å². The Hall–Kier alpha value is -3.91. The van der Waals surface area contributed by atoms with E-state index in [1.165, 1.54) is 6.42 Å². The van der Waals surface area contributed by atoms with E-state index in [1.54, 1.807) is 18.6 Å². The van der Waals surface area contributed by atoms with E-state index >= 15 is 0 Å². The topological polar surface area (TPSA) is 88.2 Å². The predicted molar refractivity (Wildman–Crippen MR) is 151 cm³/mol. The van der Waals surface area contributed by atoms with Crippen molar-refractivity contribution in [3.63, 3.8) is 0 Å². The number of hydrogen-bond acceptors (Lipinski definition) is 7. The Morgan fingerprint density at radius 2 is 1.77 bits per heavy atom. The van der Waals surface area contributed by atoms with Gasteiger partial charge in [0.25, 0.3) is 11.8 Å². The first-order valence-corrected chi connectivity index (χ1v) is 13.8. The van der Waals surface area contributed by atoms with Crippen LogP contribution in [0.2, 0.25) is 0 Å². The van der Waals surface area contributed by atoms with Crippen molar-refractivity contribution in [3.05, 3.63) is 83.9 Å². The zero-order valence-corrected chi connectivity index (χ0v) is 23.0. The number of carbonyl (C=O) groups excluding carboxylic acids is 1. The molecule has 5 rings (SSSR count). The minimum absolute atomic E-state index is 0.0140. The van der Waals surface area contributed by atoms with Gasteiger partial charge in [-0.2, -0.15) is 4.98 Å². The second-order valence-corrected chi connectivity index (χ2v) is 10.8. The lowest BCUT2D eigenvalue weighted by Crippen LogP contribution is -2.47. The SMILES string of the molecule is Cc1ccc(C(=O)N(Cc2ccc(-c3noc(-c4ccncc4)n3)cc2)C2CCN(CCC(C)C)CC2)nc1. The quantitative estimate of drug-likeness (QED) is 0.279. The van der Waals surface area contributed by atoms with Crippen molar-refractivity contribution < 1.29 is 9.32 Å². The van der Waals surface area contributed by atoms with Crippen LogP contribution in [0.4, 0.5) is 0 Å². The van der Waals surface area contributed by atoms with Crippen LogP contribution in [0, 0.1) is 12.8 Å². The molecule has 1 saturated heterocycles. The lowest BCUT2D eigenvalue weighted by atomic mass is 10.00. The molecule has 0 radical (unpaired) electrons. The average Bonchev–Trinajstić information content (AvgIpc) is 3.47. The molecule has 1 fully saturated rings. The van der Waals surface area contributed by atoms with E-state index in [-0.39, 0.29) is 11.9 Å². The lowest BCUT2D eigenvalue weighted by molar-refractivity contribution is 0.0540. The first kappa shape index (κ1) is 26.7. The van der Waals surface area contributed by atoms with Gasteiger partial charge in [-0.3, -0.25) is 14.8 Å². The zero-order chi connectivity index (χ0) is 27.2. The highest BCUT2D eigenvalue weighted by Crippen LogP contribution is 2.25. The van der Waals surface area contributed by atoms with Crippen molar-refractivity contribution in [2.75, 3.05) is 19.6 Å². The van der Waals surface area contributed by atoms with E-state index in [0.717, 1.165) is 54.7 Å². The summed E-state index contributed by atoms with van der Waals surface area (Å²) >= 11 is 0. The zero-order valence-electron chi connectivity index (χ0n) is 23.0. The van der Waals surface area contributed by atoms with Crippen LogP contribution in [0.3, 0.4) is 0 Å².